The molecule has 0 aromatic heterocycles. The Bertz CT molecular complexity index is 197. The van der Waals surface area contributed by atoms with E-state index >= 15 is 0 Å². The molecule has 1 aliphatic heterocycles. The maximum Gasteiger partial charge on any atom is 0.224 e. The van der Waals surface area contributed by atoms with Gasteiger partial charge in [-0.25, -0.2) is 0 Å². The number of carbonyl (C=O) groups excluding carboxylic acids is 1. The Labute approximate surface area is 105 Å². The van der Waals surface area contributed by atoms with Gasteiger partial charge in [0.2, 0.25) is 5.91 Å². The first-order valence-electron chi connectivity index (χ1n) is 6.23. The van der Waals surface area contributed by atoms with Crippen LogP contribution in [0.15, 0.2) is 0 Å². The summed E-state index contributed by atoms with van der Waals surface area (Å²) >= 11 is 0. The highest BCUT2D eigenvalue weighted by atomic mass is 35.5. The van der Waals surface area contributed by atoms with Crippen LogP contribution in [0, 0.1) is 0 Å². The molecular weight excluding hydrogens is 224 g/mol. The zero-order chi connectivity index (χ0) is 11.1. The van der Waals surface area contributed by atoms with Crippen LogP contribution in [0.25, 0.3) is 0 Å². The van der Waals surface area contributed by atoms with Crippen LogP contribution in [0.3, 0.4) is 0 Å². The molecule has 0 aliphatic carbocycles. The standard InChI is InChI=1S/C12H24N2O.ClH/c1-3-6-11-7-4-5-10-14(11)12(15)8-9-13-2;/h11,13H,3-10H2,1-2H3;1H. The molecule has 1 atom stereocenters. The number of piperidine rings is 1. The number of likely N-dealkylation sites (tertiary alicyclic amines) is 1. The van der Waals surface area contributed by atoms with Crippen molar-refractivity contribution in [2.24, 2.45) is 0 Å². The summed E-state index contributed by atoms with van der Waals surface area (Å²) < 4.78 is 0. The minimum Gasteiger partial charge on any atom is -0.340 e. The second-order valence-electron chi connectivity index (χ2n) is 4.38. The van der Waals surface area contributed by atoms with Crippen LogP contribution in [-0.2, 0) is 4.79 Å². The fraction of sp³-hybridized carbons (Fsp3) is 0.917. The molecule has 16 heavy (non-hydrogen) atoms. The zero-order valence-corrected chi connectivity index (χ0v) is 11.3. The first-order valence-corrected chi connectivity index (χ1v) is 6.23. The monoisotopic (exact) mass is 248 g/mol. The van der Waals surface area contributed by atoms with E-state index in [1.54, 1.807) is 0 Å². The Morgan fingerprint density at radius 2 is 2.19 bits per heavy atom. The van der Waals surface area contributed by atoms with E-state index < -0.39 is 0 Å². The van der Waals surface area contributed by atoms with Crippen molar-refractivity contribution in [1.29, 1.82) is 0 Å². The molecule has 1 unspecified atom stereocenters. The van der Waals surface area contributed by atoms with Gasteiger partial charge in [-0.05, 0) is 32.7 Å². The Kier molecular flexibility index (Phi) is 8.67. The lowest BCUT2D eigenvalue weighted by atomic mass is 9.98. The summed E-state index contributed by atoms with van der Waals surface area (Å²) in [6.45, 7) is 3.98. The molecule has 1 saturated heterocycles. The van der Waals surface area contributed by atoms with Crippen LogP contribution in [-0.4, -0.2) is 37.0 Å². The molecule has 0 aromatic rings. The third-order valence-corrected chi connectivity index (χ3v) is 3.16. The highest BCUT2D eigenvalue weighted by molar-refractivity contribution is 5.85. The summed E-state index contributed by atoms with van der Waals surface area (Å²) in [7, 11) is 1.90. The number of carbonyl (C=O) groups is 1. The third kappa shape index (κ3) is 4.71. The molecule has 1 fully saturated rings. The van der Waals surface area contributed by atoms with E-state index in [0.717, 1.165) is 13.1 Å². The van der Waals surface area contributed by atoms with Crippen molar-refractivity contribution in [2.75, 3.05) is 20.1 Å². The quantitative estimate of drug-likeness (QED) is 0.809. The van der Waals surface area contributed by atoms with E-state index in [1.807, 2.05) is 7.05 Å². The van der Waals surface area contributed by atoms with Crippen LogP contribution in [0.4, 0.5) is 0 Å². The molecule has 0 aromatic carbocycles. The SMILES string of the molecule is CCCC1CCCCN1C(=O)CCNC.Cl. The first-order chi connectivity index (χ1) is 7.29. The van der Waals surface area contributed by atoms with Crippen molar-refractivity contribution < 1.29 is 4.79 Å². The van der Waals surface area contributed by atoms with E-state index in [1.165, 1.54) is 32.1 Å². The molecule has 0 bridgehead atoms. The fourth-order valence-corrected chi connectivity index (χ4v) is 2.34. The van der Waals surface area contributed by atoms with Gasteiger partial charge in [-0.15, -0.1) is 12.4 Å². The van der Waals surface area contributed by atoms with Gasteiger partial charge in [0.25, 0.3) is 0 Å². The van der Waals surface area contributed by atoms with Gasteiger partial charge in [0.05, 0.1) is 0 Å². The molecule has 3 nitrogen and oxygen atoms in total. The lowest BCUT2D eigenvalue weighted by Gasteiger charge is -2.36. The van der Waals surface area contributed by atoms with Gasteiger partial charge in [-0.3, -0.25) is 4.79 Å². The lowest BCUT2D eigenvalue weighted by molar-refractivity contribution is -0.134. The van der Waals surface area contributed by atoms with Crippen LogP contribution >= 0.6 is 12.4 Å². The molecule has 0 radical (unpaired) electrons. The number of halogens is 1. The number of nitrogens with one attached hydrogen (secondary N) is 1. The van der Waals surface area contributed by atoms with Crippen molar-refractivity contribution >= 4 is 18.3 Å². The minimum atomic E-state index is 0. The maximum atomic E-state index is 11.9. The van der Waals surface area contributed by atoms with Crippen LogP contribution < -0.4 is 5.32 Å². The van der Waals surface area contributed by atoms with Crippen molar-refractivity contribution in [3.63, 3.8) is 0 Å². The van der Waals surface area contributed by atoms with Gasteiger partial charge in [-0.2, -0.15) is 0 Å². The Balaban J connectivity index is 0.00000225. The molecule has 0 saturated carbocycles. The Morgan fingerprint density at radius 3 is 2.81 bits per heavy atom. The molecule has 4 heteroatoms. The molecule has 96 valence electrons. The van der Waals surface area contributed by atoms with Crippen molar-refractivity contribution in [2.45, 2.75) is 51.5 Å². The van der Waals surface area contributed by atoms with Crippen molar-refractivity contribution in [3.05, 3.63) is 0 Å². The Morgan fingerprint density at radius 1 is 1.44 bits per heavy atom. The summed E-state index contributed by atoms with van der Waals surface area (Å²) in [5, 5.41) is 3.04. The van der Waals surface area contributed by atoms with E-state index in [0.29, 0.717) is 18.4 Å². The second kappa shape index (κ2) is 8.82. The van der Waals surface area contributed by atoms with Crippen LogP contribution in [0.1, 0.15) is 45.4 Å². The summed E-state index contributed by atoms with van der Waals surface area (Å²) in [5.74, 6) is 0.336. The van der Waals surface area contributed by atoms with Crippen LogP contribution in [0.2, 0.25) is 0 Å². The molecule has 1 aliphatic rings. The minimum absolute atomic E-state index is 0. The largest absolute Gasteiger partial charge is 0.340 e. The molecular formula is C12H25ClN2O. The third-order valence-electron chi connectivity index (χ3n) is 3.16. The average Bonchev–Trinajstić information content (AvgIpc) is 2.27. The van der Waals surface area contributed by atoms with Gasteiger partial charge in [0.1, 0.15) is 0 Å². The lowest BCUT2D eigenvalue weighted by Crippen LogP contribution is -2.44. The fourth-order valence-electron chi connectivity index (χ4n) is 2.34. The molecule has 1 N–H and O–H groups in total. The Hall–Kier alpha value is -0.280. The zero-order valence-electron chi connectivity index (χ0n) is 10.5. The predicted octanol–water partition coefficient (Wildman–Crippen LogP) is 2.20. The molecule has 1 rings (SSSR count). The van der Waals surface area contributed by atoms with Crippen LogP contribution in [0.5, 0.6) is 0 Å². The number of nitrogens with zero attached hydrogens (tertiary/aromatic N) is 1. The number of rotatable bonds is 5. The average molecular weight is 249 g/mol. The number of hydrogen-bond acceptors (Lipinski definition) is 2. The predicted molar refractivity (Wildman–Crippen MR) is 70.1 cm³/mol. The number of hydrogen-bond donors (Lipinski definition) is 1. The molecule has 0 spiro atoms. The summed E-state index contributed by atoms with van der Waals surface area (Å²) in [6.07, 6.45) is 6.69. The normalized spacial score (nSPS) is 20.4. The topological polar surface area (TPSA) is 32.3 Å². The van der Waals surface area contributed by atoms with E-state index in [9.17, 15) is 4.79 Å². The smallest absolute Gasteiger partial charge is 0.224 e. The highest BCUT2D eigenvalue weighted by Gasteiger charge is 2.24. The summed E-state index contributed by atoms with van der Waals surface area (Å²) in [5.41, 5.74) is 0. The van der Waals surface area contributed by atoms with E-state index in [4.69, 9.17) is 0 Å². The maximum absolute atomic E-state index is 11.9. The second-order valence-corrected chi connectivity index (χ2v) is 4.38. The summed E-state index contributed by atoms with van der Waals surface area (Å²) in [6, 6.07) is 0.521. The van der Waals surface area contributed by atoms with Gasteiger partial charge in [-0.1, -0.05) is 13.3 Å². The van der Waals surface area contributed by atoms with Gasteiger partial charge >= 0.3 is 0 Å². The molecule has 1 heterocycles. The van der Waals surface area contributed by atoms with Gasteiger partial charge in [0, 0.05) is 25.6 Å². The first kappa shape index (κ1) is 15.7. The van der Waals surface area contributed by atoms with Crippen molar-refractivity contribution in [1.82, 2.24) is 10.2 Å². The summed E-state index contributed by atoms with van der Waals surface area (Å²) in [4.78, 5) is 14.0. The highest BCUT2D eigenvalue weighted by Crippen LogP contribution is 2.21. The van der Waals surface area contributed by atoms with Gasteiger partial charge in [0.15, 0.2) is 0 Å². The van der Waals surface area contributed by atoms with Crippen molar-refractivity contribution in [3.8, 4) is 0 Å². The molecule has 1 amide bonds. The number of amides is 1. The van der Waals surface area contributed by atoms with Gasteiger partial charge < -0.3 is 10.2 Å². The van der Waals surface area contributed by atoms with E-state index in [-0.39, 0.29) is 12.4 Å². The van der Waals surface area contributed by atoms with E-state index in [2.05, 4.69) is 17.1 Å².